The summed E-state index contributed by atoms with van der Waals surface area (Å²) in [4.78, 5) is 3.75. The predicted molar refractivity (Wildman–Crippen MR) is 45.7 cm³/mol. The summed E-state index contributed by atoms with van der Waals surface area (Å²) in [5.74, 6) is 0. The van der Waals surface area contributed by atoms with Crippen molar-refractivity contribution in [1.29, 1.82) is 0 Å². The predicted octanol–water partition coefficient (Wildman–Crippen LogP) is 2.51. The zero-order chi connectivity index (χ0) is 10.3. The number of halogens is 4. The summed E-state index contributed by atoms with van der Waals surface area (Å²) in [5.41, 5.74) is -0.681. The quantitative estimate of drug-likeness (QED) is 0.733. The van der Waals surface area contributed by atoms with Gasteiger partial charge in [-0.05, 0) is 22.0 Å². The maximum absolute atomic E-state index is 12.4. The molecule has 0 aliphatic carbocycles. The zero-order valence-electron chi connectivity index (χ0n) is 6.59. The standard InChI is InChI=1S/C7H3BrF3N3/c8-5-3-6-12-2-1-4(7(9,10)11)14(6)13-5/h1-3H. The maximum Gasteiger partial charge on any atom is 0.433 e. The molecule has 2 aromatic rings. The van der Waals surface area contributed by atoms with Gasteiger partial charge in [0.2, 0.25) is 0 Å². The summed E-state index contributed by atoms with van der Waals surface area (Å²) in [6.45, 7) is 0. The molecule has 0 radical (unpaired) electrons. The minimum absolute atomic E-state index is 0.159. The van der Waals surface area contributed by atoms with Crippen molar-refractivity contribution >= 4 is 21.6 Å². The van der Waals surface area contributed by atoms with Crippen molar-refractivity contribution in [3.8, 4) is 0 Å². The Hall–Kier alpha value is -1.11. The van der Waals surface area contributed by atoms with Crippen LogP contribution in [-0.4, -0.2) is 14.6 Å². The van der Waals surface area contributed by atoms with Crippen molar-refractivity contribution in [3.63, 3.8) is 0 Å². The van der Waals surface area contributed by atoms with Crippen molar-refractivity contribution in [1.82, 2.24) is 14.6 Å². The largest absolute Gasteiger partial charge is 0.433 e. The van der Waals surface area contributed by atoms with Crippen LogP contribution in [0.3, 0.4) is 0 Å². The Bertz CT molecular complexity index is 476. The normalized spacial score (nSPS) is 12.3. The highest BCUT2D eigenvalue weighted by molar-refractivity contribution is 9.10. The average molecular weight is 266 g/mol. The Labute approximate surface area is 84.7 Å². The van der Waals surface area contributed by atoms with E-state index < -0.39 is 11.9 Å². The fraction of sp³-hybridized carbons (Fsp3) is 0.143. The molecule has 0 spiro atoms. The van der Waals surface area contributed by atoms with Gasteiger partial charge in [0, 0.05) is 12.3 Å². The highest BCUT2D eigenvalue weighted by Gasteiger charge is 2.34. The molecule has 0 amide bonds. The molecule has 14 heavy (non-hydrogen) atoms. The van der Waals surface area contributed by atoms with E-state index in [0.29, 0.717) is 4.60 Å². The molecule has 0 unspecified atom stereocenters. The lowest BCUT2D eigenvalue weighted by molar-refractivity contribution is -0.142. The number of alkyl halides is 3. The van der Waals surface area contributed by atoms with E-state index in [-0.39, 0.29) is 5.65 Å². The third kappa shape index (κ3) is 1.47. The van der Waals surface area contributed by atoms with Gasteiger partial charge in [-0.2, -0.15) is 18.3 Å². The van der Waals surface area contributed by atoms with Crippen LogP contribution in [0.25, 0.3) is 5.65 Å². The van der Waals surface area contributed by atoms with Gasteiger partial charge >= 0.3 is 6.18 Å². The van der Waals surface area contributed by atoms with Crippen molar-refractivity contribution < 1.29 is 13.2 Å². The minimum atomic E-state index is -4.42. The minimum Gasteiger partial charge on any atom is -0.237 e. The SMILES string of the molecule is FC(F)(F)c1ccnc2cc(Br)nn12. The van der Waals surface area contributed by atoms with Gasteiger partial charge in [0.15, 0.2) is 5.65 Å². The van der Waals surface area contributed by atoms with E-state index in [0.717, 1.165) is 16.8 Å². The lowest BCUT2D eigenvalue weighted by atomic mass is 10.4. The topological polar surface area (TPSA) is 30.2 Å². The second kappa shape index (κ2) is 2.94. The average Bonchev–Trinajstić information content (AvgIpc) is 2.41. The van der Waals surface area contributed by atoms with Crippen molar-refractivity contribution in [2.24, 2.45) is 0 Å². The van der Waals surface area contributed by atoms with Gasteiger partial charge in [-0.15, -0.1) is 0 Å². The lowest BCUT2D eigenvalue weighted by Crippen LogP contribution is -2.12. The van der Waals surface area contributed by atoms with E-state index in [4.69, 9.17) is 0 Å². The molecule has 0 N–H and O–H groups in total. The number of hydrogen-bond acceptors (Lipinski definition) is 2. The number of fused-ring (bicyclic) bond motifs is 1. The fourth-order valence-corrected chi connectivity index (χ4v) is 1.45. The number of nitrogens with zero attached hydrogens (tertiary/aromatic N) is 3. The highest BCUT2D eigenvalue weighted by Crippen LogP contribution is 2.29. The van der Waals surface area contributed by atoms with Gasteiger partial charge in [0.25, 0.3) is 0 Å². The summed E-state index contributed by atoms with van der Waals surface area (Å²) in [7, 11) is 0. The molecule has 2 aromatic heterocycles. The van der Waals surface area contributed by atoms with Crippen molar-refractivity contribution in [2.45, 2.75) is 6.18 Å². The summed E-state index contributed by atoms with van der Waals surface area (Å²) in [6.07, 6.45) is -3.32. The number of hydrogen-bond donors (Lipinski definition) is 0. The molecule has 0 saturated carbocycles. The van der Waals surface area contributed by atoms with E-state index in [9.17, 15) is 13.2 Å². The van der Waals surface area contributed by atoms with Gasteiger partial charge < -0.3 is 0 Å². The first-order chi connectivity index (χ1) is 6.48. The van der Waals surface area contributed by atoms with E-state index in [2.05, 4.69) is 26.0 Å². The van der Waals surface area contributed by atoms with Crippen LogP contribution in [0, 0.1) is 0 Å². The summed E-state index contributed by atoms with van der Waals surface area (Å²) >= 11 is 2.99. The Kier molecular flexibility index (Phi) is 1.99. The third-order valence-electron chi connectivity index (χ3n) is 1.62. The first-order valence-corrected chi connectivity index (χ1v) is 4.35. The second-order valence-electron chi connectivity index (χ2n) is 2.56. The number of rotatable bonds is 0. The second-order valence-corrected chi connectivity index (χ2v) is 3.38. The lowest BCUT2D eigenvalue weighted by Gasteiger charge is -2.07. The first-order valence-electron chi connectivity index (χ1n) is 3.56. The van der Waals surface area contributed by atoms with Crippen LogP contribution in [0.1, 0.15) is 5.69 Å². The maximum atomic E-state index is 12.4. The van der Waals surface area contributed by atoms with Crippen LogP contribution < -0.4 is 0 Å². The van der Waals surface area contributed by atoms with Gasteiger partial charge in [-0.25, -0.2) is 9.50 Å². The zero-order valence-corrected chi connectivity index (χ0v) is 8.17. The Morgan fingerprint density at radius 1 is 1.36 bits per heavy atom. The van der Waals surface area contributed by atoms with Crippen LogP contribution >= 0.6 is 15.9 Å². The van der Waals surface area contributed by atoms with Gasteiger partial charge in [0.05, 0.1) is 0 Å². The molecule has 3 nitrogen and oxygen atoms in total. The molecular formula is C7H3BrF3N3. The van der Waals surface area contributed by atoms with Gasteiger partial charge in [0.1, 0.15) is 10.3 Å². The van der Waals surface area contributed by atoms with Crippen LogP contribution in [-0.2, 0) is 6.18 Å². The molecule has 0 aliphatic rings. The Morgan fingerprint density at radius 2 is 2.07 bits per heavy atom. The number of aromatic nitrogens is 3. The van der Waals surface area contributed by atoms with E-state index in [1.807, 2.05) is 0 Å². The molecule has 0 aliphatic heterocycles. The first kappa shape index (κ1) is 9.45. The summed E-state index contributed by atoms with van der Waals surface area (Å²) in [5, 5.41) is 3.63. The fourth-order valence-electron chi connectivity index (χ4n) is 1.08. The van der Waals surface area contributed by atoms with Crippen molar-refractivity contribution in [2.75, 3.05) is 0 Å². The van der Waals surface area contributed by atoms with Gasteiger partial charge in [-0.1, -0.05) is 0 Å². The van der Waals surface area contributed by atoms with E-state index in [1.54, 1.807) is 0 Å². The summed E-state index contributed by atoms with van der Waals surface area (Å²) in [6, 6.07) is 2.29. The summed E-state index contributed by atoms with van der Waals surface area (Å²) < 4.78 is 38.3. The Balaban J connectivity index is 2.77. The molecule has 7 heteroatoms. The smallest absolute Gasteiger partial charge is 0.237 e. The van der Waals surface area contributed by atoms with Crippen LogP contribution in [0.2, 0.25) is 0 Å². The molecule has 0 saturated heterocycles. The molecule has 0 fully saturated rings. The highest BCUT2D eigenvalue weighted by atomic mass is 79.9. The molecule has 2 heterocycles. The van der Waals surface area contributed by atoms with E-state index >= 15 is 0 Å². The molecular weight excluding hydrogens is 263 g/mol. The molecule has 0 aromatic carbocycles. The molecule has 2 rings (SSSR count). The van der Waals surface area contributed by atoms with Crippen LogP contribution in [0.15, 0.2) is 22.9 Å². The molecule has 0 bridgehead atoms. The van der Waals surface area contributed by atoms with E-state index in [1.165, 1.54) is 6.07 Å². The van der Waals surface area contributed by atoms with Crippen LogP contribution in [0.5, 0.6) is 0 Å². The molecule has 74 valence electrons. The Morgan fingerprint density at radius 3 is 2.71 bits per heavy atom. The van der Waals surface area contributed by atoms with Crippen LogP contribution in [0.4, 0.5) is 13.2 Å². The third-order valence-corrected chi connectivity index (χ3v) is 2.01. The molecule has 0 atom stereocenters. The monoisotopic (exact) mass is 265 g/mol. The van der Waals surface area contributed by atoms with Gasteiger partial charge in [-0.3, -0.25) is 0 Å². The van der Waals surface area contributed by atoms with Crippen molar-refractivity contribution in [3.05, 3.63) is 28.6 Å².